The number of rotatable bonds is 8. The third-order valence-electron chi connectivity index (χ3n) is 4.39. The van der Waals surface area contributed by atoms with E-state index in [1.807, 2.05) is 53.1 Å². The van der Waals surface area contributed by atoms with Crippen molar-refractivity contribution in [2.45, 2.75) is 13.0 Å². The van der Waals surface area contributed by atoms with Crippen LogP contribution in [0.25, 0.3) is 11.0 Å². The maximum atomic E-state index is 12.9. The van der Waals surface area contributed by atoms with E-state index in [1.165, 1.54) is 0 Å². The van der Waals surface area contributed by atoms with E-state index in [-0.39, 0.29) is 12.5 Å². The van der Waals surface area contributed by atoms with Crippen molar-refractivity contribution in [3.05, 3.63) is 90.3 Å². The van der Waals surface area contributed by atoms with Crippen LogP contribution in [0, 0.1) is 0 Å². The summed E-state index contributed by atoms with van der Waals surface area (Å²) in [6.07, 6.45) is 4.00. The Kier molecular flexibility index (Phi) is 6.09. The molecule has 1 amide bonds. The molecule has 1 aromatic heterocycles. The summed E-state index contributed by atoms with van der Waals surface area (Å²) in [7, 11) is 0. The fourth-order valence-corrected chi connectivity index (χ4v) is 3.28. The van der Waals surface area contributed by atoms with Crippen LogP contribution in [0.4, 0.5) is 0 Å². The fraction of sp³-hybridized carbons (Fsp3) is 0.182. The van der Waals surface area contributed by atoms with Crippen molar-refractivity contribution < 1.29 is 4.79 Å². The van der Waals surface area contributed by atoms with Crippen LogP contribution in [-0.2, 0) is 17.8 Å². The summed E-state index contributed by atoms with van der Waals surface area (Å²) in [4.78, 5) is 19.3. The van der Waals surface area contributed by atoms with Crippen molar-refractivity contribution in [2.24, 2.45) is 0 Å². The van der Waals surface area contributed by atoms with E-state index in [2.05, 4.69) is 13.2 Å². The Labute approximate surface area is 164 Å². The van der Waals surface area contributed by atoms with Crippen LogP contribution in [0.5, 0.6) is 0 Å². The van der Waals surface area contributed by atoms with Crippen LogP contribution in [0.1, 0.15) is 11.4 Å². The summed E-state index contributed by atoms with van der Waals surface area (Å²) in [6, 6.07) is 15.5. The second-order valence-corrected chi connectivity index (χ2v) is 6.65. The zero-order valence-corrected chi connectivity index (χ0v) is 15.9. The average molecular weight is 380 g/mol. The lowest BCUT2D eigenvalue weighted by Crippen LogP contribution is -2.34. The van der Waals surface area contributed by atoms with Gasteiger partial charge in [-0.05, 0) is 23.8 Å². The van der Waals surface area contributed by atoms with Crippen LogP contribution in [0.2, 0.25) is 5.02 Å². The van der Waals surface area contributed by atoms with Gasteiger partial charge in [-0.25, -0.2) is 4.98 Å². The van der Waals surface area contributed by atoms with Crippen molar-refractivity contribution in [1.29, 1.82) is 0 Å². The van der Waals surface area contributed by atoms with Gasteiger partial charge in [-0.1, -0.05) is 54.1 Å². The van der Waals surface area contributed by atoms with E-state index in [1.54, 1.807) is 17.1 Å². The Bertz CT molecular complexity index is 967. The predicted octanol–water partition coefficient (Wildman–Crippen LogP) is 4.48. The summed E-state index contributed by atoms with van der Waals surface area (Å²) in [5.74, 6) is 0.813. The quantitative estimate of drug-likeness (QED) is 0.541. The molecule has 0 radical (unpaired) electrons. The maximum absolute atomic E-state index is 12.9. The number of fused-ring (bicyclic) bond motifs is 1. The van der Waals surface area contributed by atoms with Gasteiger partial charge < -0.3 is 9.47 Å². The Morgan fingerprint density at radius 1 is 1.07 bits per heavy atom. The van der Waals surface area contributed by atoms with Crippen molar-refractivity contribution in [1.82, 2.24) is 14.5 Å². The van der Waals surface area contributed by atoms with E-state index in [4.69, 9.17) is 16.6 Å². The van der Waals surface area contributed by atoms with Crippen LogP contribution < -0.4 is 0 Å². The molecule has 0 spiro atoms. The molecule has 27 heavy (non-hydrogen) atoms. The molecule has 0 saturated carbocycles. The summed E-state index contributed by atoms with van der Waals surface area (Å²) in [5, 5.41) is 0.697. The molecule has 138 valence electrons. The first-order chi connectivity index (χ1) is 13.1. The lowest BCUT2D eigenvalue weighted by molar-refractivity contribution is -0.130. The number of carbonyl (C=O) groups is 1. The monoisotopic (exact) mass is 379 g/mol. The highest BCUT2D eigenvalue weighted by molar-refractivity contribution is 6.31. The molecule has 0 aliphatic carbocycles. The minimum absolute atomic E-state index is 0.00152. The highest BCUT2D eigenvalue weighted by atomic mass is 35.5. The van der Waals surface area contributed by atoms with Gasteiger partial charge in [-0.3, -0.25) is 4.79 Å². The number of benzene rings is 2. The van der Waals surface area contributed by atoms with Gasteiger partial charge in [0.25, 0.3) is 0 Å². The zero-order chi connectivity index (χ0) is 19.2. The molecule has 0 atom stereocenters. The molecular formula is C22H22ClN3O. The van der Waals surface area contributed by atoms with Crippen LogP contribution >= 0.6 is 11.6 Å². The standard InChI is InChI=1S/C22H22ClN3O/c1-3-13-25(14-4-2)22(27)16-26-20-12-8-7-11-19(20)24-21(26)15-17-9-5-6-10-18(17)23/h3-12H,1-2,13-16H2. The minimum Gasteiger partial charge on any atom is -0.334 e. The van der Waals surface area contributed by atoms with Gasteiger partial charge in [-0.2, -0.15) is 0 Å². The van der Waals surface area contributed by atoms with Crippen molar-refractivity contribution in [3.8, 4) is 0 Å². The number of halogens is 1. The van der Waals surface area contributed by atoms with Gasteiger partial charge in [-0.15, -0.1) is 13.2 Å². The van der Waals surface area contributed by atoms with Gasteiger partial charge in [0, 0.05) is 24.5 Å². The van der Waals surface area contributed by atoms with Crippen molar-refractivity contribution in [3.63, 3.8) is 0 Å². The summed E-state index contributed by atoms with van der Waals surface area (Å²) < 4.78 is 1.97. The van der Waals surface area contributed by atoms with Gasteiger partial charge in [0.2, 0.25) is 5.91 Å². The van der Waals surface area contributed by atoms with E-state index in [9.17, 15) is 4.79 Å². The second-order valence-electron chi connectivity index (χ2n) is 6.25. The minimum atomic E-state index is -0.00152. The lowest BCUT2D eigenvalue weighted by atomic mass is 10.1. The summed E-state index contributed by atoms with van der Waals surface area (Å²) >= 11 is 6.33. The third kappa shape index (κ3) is 4.29. The molecular weight excluding hydrogens is 358 g/mol. The van der Waals surface area contributed by atoms with Crippen LogP contribution in [0.3, 0.4) is 0 Å². The van der Waals surface area contributed by atoms with Gasteiger partial charge in [0.1, 0.15) is 12.4 Å². The van der Waals surface area contributed by atoms with Crippen molar-refractivity contribution >= 4 is 28.5 Å². The predicted molar refractivity (Wildman–Crippen MR) is 111 cm³/mol. The number of nitrogens with zero attached hydrogens (tertiary/aromatic N) is 3. The van der Waals surface area contributed by atoms with E-state index in [0.29, 0.717) is 24.5 Å². The van der Waals surface area contributed by atoms with E-state index in [0.717, 1.165) is 22.4 Å². The number of hydrogen-bond donors (Lipinski definition) is 0. The Balaban J connectivity index is 1.97. The molecule has 0 unspecified atom stereocenters. The number of para-hydroxylation sites is 2. The smallest absolute Gasteiger partial charge is 0.243 e. The summed E-state index contributed by atoms with van der Waals surface area (Å²) in [6.45, 7) is 8.64. The molecule has 0 saturated heterocycles. The topological polar surface area (TPSA) is 38.1 Å². The van der Waals surface area contributed by atoms with E-state index < -0.39 is 0 Å². The molecule has 0 fully saturated rings. The first-order valence-electron chi connectivity index (χ1n) is 8.81. The third-order valence-corrected chi connectivity index (χ3v) is 4.75. The van der Waals surface area contributed by atoms with Crippen molar-refractivity contribution in [2.75, 3.05) is 13.1 Å². The molecule has 3 aromatic rings. The molecule has 0 aliphatic heterocycles. The first-order valence-corrected chi connectivity index (χ1v) is 9.19. The van der Waals surface area contributed by atoms with Gasteiger partial charge in [0.05, 0.1) is 11.0 Å². The number of aromatic nitrogens is 2. The second kappa shape index (κ2) is 8.69. The normalized spacial score (nSPS) is 10.7. The highest BCUT2D eigenvalue weighted by Crippen LogP contribution is 2.22. The van der Waals surface area contributed by atoms with Crippen LogP contribution in [-0.4, -0.2) is 33.4 Å². The summed E-state index contributed by atoms with van der Waals surface area (Å²) in [5.41, 5.74) is 2.79. The number of hydrogen-bond acceptors (Lipinski definition) is 2. The average Bonchev–Trinajstić information content (AvgIpc) is 3.01. The molecule has 0 bridgehead atoms. The molecule has 3 rings (SSSR count). The number of imidazole rings is 1. The Morgan fingerprint density at radius 3 is 2.44 bits per heavy atom. The Hall–Kier alpha value is -2.85. The highest BCUT2D eigenvalue weighted by Gasteiger charge is 2.17. The lowest BCUT2D eigenvalue weighted by Gasteiger charge is -2.20. The molecule has 0 N–H and O–H groups in total. The number of amides is 1. The zero-order valence-electron chi connectivity index (χ0n) is 15.1. The van der Waals surface area contributed by atoms with Gasteiger partial charge in [0.15, 0.2) is 0 Å². The van der Waals surface area contributed by atoms with Gasteiger partial charge >= 0.3 is 0 Å². The molecule has 1 heterocycles. The molecule has 4 nitrogen and oxygen atoms in total. The first kappa shape index (κ1) is 18.9. The Morgan fingerprint density at radius 2 is 1.74 bits per heavy atom. The largest absolute Gasteiger partial charge is 0.334 e. The molecule has 5 heteroatoms. The van der Waals surface area contributed by atoms with E-state index >= 15 is 0 Å². The fourth-order valence-electron chi connectivity index (χ4n) is 3.07. The molecule has 2 aromatic carbocycles. The number of carbonyl (C=O) groups excluding carboxylic acids is 1. The molecule has 0 aliphatic rings. The van der Waals surface area contributed by atoms with Crippen LogP contribution in [0.15, 0.2) is 73.8 Å². The maximum Gasteiger partial charge on any atom is 0.243 e. The SMILES string of the molecule is C=CCN(CC=C)C(=O)Cn1c(Cc2ccccc2Cl)nc2ccccc21.